The Bertz CT molecular complexity index is 172. The van der Waals surface area contributed by atoms with Crippen LogP contribution in [0.4, 0.5) is 0 Å². The predicted octanol–water partition coefficient (Wildman–Crippen LogP) is 0.965. The Labute approximate surface area is 97.0 Å². The van der Waals surface area contributed by atoms with Crippen LogP contribution in [0.15, 0.2) is 0 Å². The maximum absolute atomic E-state index is 11.3. The molecule has 0 aromatic rings. The Morgan fingerprint density at radius 1 is 1.00 bits per heavy atom. The minimum absolute atomic E-state index is 0.0882. The third-order valence-electron chi connectivity index (χ3n) is 2.78. The van der Waals surface area contributed by atoms with Crippen molar-refractivity contribution in [3.63, 3.8) is 0 Å². The number of ether oxygens (including phenoxy) is 2. The molecular weight excluding hydrogens is 231 g/mol. The standard InChI is InChI=1S/C10H18O5P/c11-16(14-7-9-3-1-5-12-9)15-8-10-4-2-6-13-10/h9-10H,1-8H2/q-1. The van der Waals surface area contributed by atoms with E-state index in [1.165, 1.54) is 0 Å². The van der Waals surface area contributed by atoms with Crippen molar-refractivity contribution in [3.8, 4) is 0 Å². The predicted molar refractivity (Wildman–Crippen MR) is 56.8 cm³/mol. The summed E-state index contributed by atoms with van der Waals surface area (Å²) >= 11 is 0. The average Bonchev–Trinajstić information content (AvgIpc) is 2.96. The normalized spacial score (nSPS) is 32.1. The first-order valence-electron chi connectivity index (χ1n) is 5.81. The third kappa shape index (κ3) is 4.24. The summed E-state index contributed by atoms with van der Waals surface area (Å²) < 4.78 is 20.9. The number of hydrogen-bond acceptors (Lipinski definition) is 5. The van der Waals surface area contributed by atoms with E-state index in [0.717, 1.165) is 38.9 Å². The van der Waals surface area contributed by atoms with Crippen LogP contribution in [0.25, 0.3) is 0 Å². The highest BCUT2D eigenvalue weighted by Crippen LogP contribution is 2.30. The summed E-state index contributed by atoms with van der Waals surface area (Å²) in [7, 11) is -2.02. The van der Waals surface area contributed by atoms with Gasteiger partial charge in [0, 0.05) is 13.2 Å². The SMILES string of the molecule is [O-]P(OCC1CCCO1)OCC1CCCO1. The van der Waals surface area contributed by atoms with Gasteiger partial charge in [-0.05, 0) is 25.7 Å². The van der Waals surface area contributed by atoms with Gasteiger partial charge in [-0.1, -0.05) is 0 Å². The van der Waals surface area contributed by atoms with Crippen LogP contribution in [0.1, 0.15) is 25.7 Å². The van der Waals surface area contributed by atoms with E-state index in [1.807, 2.05) is 0 Å². The fraction of sp³-hybridized carbons (Fsp3) is 1.00. The van der Waals surface area contributed by atoms with Crippen LogP contribution < -0.4 is 4.89 Å². The highest BCUT2D eigenvalue weighted by atomic mass is 31.2. The molecule has 5 nitrogen and oxygen atoms in total. The highest BCUT2D eigenvalue weighted by Gasteiger charge is 2.18. The highest BCUT2D eigenvalue weighted by molar-refractivity contribution is 7.39. The molecular formula is C10H18O5P-. The largest absolute Gasteiger partial charge is 0.786 e. The molecule has 2 saturated heterocycles. The second kappa shape index (κ2) is 6.84. The molecule has 2 aliphatic rings. The van der Waals surface area contributed by atoms with Crippen LogP contribution in [0.2, 0.25) is 0 Å². The molecule has 2 aliphatic heterocycles. The van der Waals surface area contributed by atoms with Crippen LogP contribution >= 0.6 is 8.60 Å². The van der Waals surface area contributed by atoms with Crippen molar-refractivity contribution in [2.75, 3.05) is 26.4 Å². The molecule has 2 rings (SSSR count). The average molecular weight is 249 g/mol. The van der Waals surface area contributed by atoms with E-state index >= 15 is 0 Å². The van der Waals surface area contributed by atoms with Gasteiger partial charge in [0.25, 0.3) is 0 Å². The second-order valence-corrected chi connectivity index (χ2v) is 5.05. The topological polar surface area (TPSA) is 60.0 Å². The van der Waals surface area contributed by atoms with Crippen molar-refractivity contribution >= 4 is 8.60 Å². The van der Waals surface area contributed by atoms with Crippen LogP contribution in [-0.2, 0) is 18.5 Å². The summed E-state index contributed by atoms with van der Waals surface area (Å²) in [5.74, 6) is 0. The van der Waals surface area contributed by atoms with Gasteiger partial charge in [-0.2, -0.15) is 0 Å². The van der Waals surface area contributed by atoms with Crippen LogP contribution in [0, 0.1) is 0 Å². The molecule has 0 saturated carbocycles. The van der Waals surface area contributed by atoms with Gasteiger partial charge in [-0.25, -0.2) is 0 Å². The summed E-state index contributed by atoms with van der Waals surface area (Å²) in [6.07, 6.45) is 4.25. The van der Waals surface area contributed by atoms with Gasteiger partial charge in [0.05, 0.1) is 34.0 Å². The fourth-order valence-electron chi connectivity index (χ4n) is 1.88. The first kappa shape index (κ1) is 12.7. The van der Waals surface area contributed by atoms with Gasteiger partial charge in [-0.3, -0.25) is 0 Å². The number of hydrogen-bond donors (Lipinski definition) is 0. The zero-order chi connectivity index (χ0) is 11.2. The smallest absolute Gasteiger partial charge is 0.0831 e. The molecule has 2 heterocycles. The molecule has 2 unspecified atom stereocenters. The van der Waals surface area contributed by atoms with Crippen LogP contribution in [-0.4, -0.2) is 38.6 Å². The lowest BCUT2D eigenvalue weighted by Gasteiger charge is -2.24. The van der Waals surface area contributed by atoms with E-state index in [4.69, 9.17) is 18.5 Å². The molecule has 0 aliphatic carbocycles. The second-order valence-electron chi connectivity index (χ2n) is 4.09. The quantitative estimate of drug-likeness (QED) is 0.656. The summed E-state index contributed by atoms with van der Waals surface area (Å²) in [6, 6.07) is 0. The number of rotatable bonds is 6. The first-order valence-corrected chi connectivity index (χ1v) is 6.90. The molecule has 0 spiro atoms. The summed E-state index contributed by atoms with van der Waals surface area (Å²) in [5, 5.41) is 0. The lowest BCUT2D eigenvalue weighted by Crippen LogP contribution is -2.18. The molecule has 0 N–H and O–H groups in total. The van der Waals surface area contributed by atoms with E-state index in [1.54, 1.807) is 0 Å². The maximum Gasteiger partial charge on any atom is 0.0831 e. The van der Waals surface area contributed by atoms with E-state index in [-0.39, 0.29) is 12.2 Å². The summed E-state index contributed by atoms with van der Waals surface area (Å²) in [5.41, 5.74) is 0. The van der Waals surface area contributed by atoms with Crippen molar-refractivity contribution < 1.29 is 23.4 Å². The molecule has 94 valence electrons. The zero-order valence-electron chi connectivity index (χ0n) is 9.30. The van der Waals surface area contributed by atoms with Gasteiger partial charge in [0.15, 0.2) is 0 Å². The zero-order valence-corrected chi connectivity index (χ0v) is 10.2. The lowest BCUT2D eigenvalue weighted by atomic mass is 10.2. The first-order chi connectivity index (χ1) is 7.84. The van der Waals surface area contributed by atoms with E-state index in [2.05, 4.69) is 0 Å². The molecule has 0 amide bonds. The molecule has 0 aromatic heterocycles. The van der Waals surface area contributed by atoms with E-state index in [0.29, 0.717) is 13.2 Å². The molecule has 16 heavy (non-hydrogen) atoms. The summed E-state index contributed by atoms with van der Waals surface area (Å²) in [4.78, 5) is 11.3. The van der Waals surface area contributed by atoms with Crippen LogP contribution in [0.5, 0.6) is 0 Å². The Morgan fingerprint density at radius 2 is 1.50 bits per heavy atom. The monoisotopic (exact) mass is 249 g/mol. The third-order valence-corrected chi connectivity index (χ3v) is 3.50. The molecule has 0 aromatic carbocycles. The van der Waals surface area contributed by atoms with Crippen molar-refractivity contribution in [1.29, 1.82) is 0 Å². The van der Waals surface area contributed by atoms with Gasteiger partial charge in [-0.15, -0.1) is 0 Å². The fourth-order valence-corrected chi connectivity index (χ4v) is 2.53. The van der Waals surface area contributed by atoms with Gasteiger partial charge in [0.2, 0.25) is 0 Å². The minimum Gasteiger partial charge on any atom is -0.786 e. The van der Waals surface area contributed by atoms with Crippen molar-refractivity contribution in [3.05, 3.63) is 0 Å². The van der Waals surface area contributed by atoms with Crippen molar-refractivity contribution in [1.82, 2.24) is 0 Å². The molecule has 2 atom stereocenters. The molecule has 0 bridgehead atoms. The van der Waals surface area contributed by atoms with E-state index in [9.17, 15) is 4.89 Å². The van der Waals surface area contributed by atoms with Crippen LogP contribution in [0.3, 0.4) is 0 Å². The minimum atomic E-state index is -2.02. The maximum atomic E-state index is 11.3. The Morgan fingerprint density at radius 3 is 1.88 bits per heavy atom. The Balaban J connectivity index is 1.51. The molecule has 0 radical (unpaired) electrons. The lowest BCUT2D eigenvalue weighted by molar-refractivity contribution is -0.208. The Hall–Kier alpha value is 0.230. The molecule has 2 fully saturated rings. The van der Waals surface area contributed by atoms with Gasteiger partial charge in [0.1, 0.15) is 0 Å². The Kier molecular flexibility index (Phi) is 5.42. The van der Waals surface area contributed by atoms with E-state index < -0.39 is 8.60 Å². The van der Waals surface area contributed by atoms with Gasteiger partial charge < -0.3 is 23.4 Å². The van der Waals surface area contributed by atoms with Crippen molar-refractivity contribution in [2.24, 2.45) is 0 Å². The van der Waals surface area contributed by atoms with Gasteiger partial charge >= 0.3 is 0 Å². The summed E-state index contributed by atoms with van der Waals surface area (Å²) in [6.45, 7) is 2.28. The van der Waals surface area contributed by atoms with Crippen molar-refractivity contribution in [2.45, 2.75) is 37.9 Å². The molecule has 6 heteroatoms.